The molecule has 2 aliphatic carbocycles. The Morgan fingerprint density at radius 2 is 1.78 bits per heavy atom. The van der Waals surface area contributed by atoms with Crippen molar-refractivity contribution < 1.29 is 51.3 Å². The summed E-state index contributed by atoms with van der Waals surface area (Å²) in [6.45, 7) is 10.4. The van der Waals surface area contributed by atoms with Crippen LogP contribution in [0.1, 0.15) is 96.1 Å². The SMILES string of the molecule is CC(C)(C)OC(=O)N[C@@H]1CCCCC/C=C\[C@@H]2C[C@@]2(C(=O)NS(=O)(=O)C2CC2)NC(=O)[C@@H]2C[C@@H](OC(=O)N3Cc4ccc(OCCCN5CCOCC5)cc4C3)CN2C1=O. The molecule has 7 rings (SSSR count). The molecule has 330 valence electrons. The highest BCUT2D eigenvalue weighted by atomic mass is 32.2. The topological polar surface area (TPSA) is 202 Å². The summed E-state index contributed by atoms with van der Waals surface area (Å²) in [6.07, 6.45) is 6.41. The molecule has 4 aliphatic heterocycles. The number of allylic oxidation sites excluding steroid dienone is 1. The van der Waals surface area contributed by atoms with E-state index in [-0.39, 0.29) is 32.4 Å². The molecule has 0 unspecified atom stereocenters. The second kappa shape index (κ2) is 18.3. The van der Waals surface area contributed by atoms with E-state index < -0.39 is 80.4 Å². The lowest BCUT2D eigenvalue weighted by molar-refractivity contribution is -0.141. The van der Waals surface area contributed by atoms with E-state index in [1.165, 1.54) is 4.90 Å². The summed E-state index contributed by atoms with van der Waals surface area (Å²) in [5, 5.41) is 4.90. The van der Waals surface area contributed by atoms with E-state index in [2.05, 4.69) is 20.3 Å². The third-order valence-corrected chi connectivity index (χ3v) is 13.8. The molecular formula is C42H60N6O11S. The number of benzene rings is 1. The average molecular weight is 857 g/mol. The number of alkyl carbamates (subject to hydrolysis) is 1. The van der Waals surface area contributed by atoms with Crippen LogP contribution in [0.5, 0.6) is 5.75 Å². The minimum Gasteiger partial charge on any atom is -0.494 e. The first kappa shape index (κ1) is 43.7. The number of hydrogen-bond donors (Lipinski definition) is 3. The Morgan fingerprint density at radius 3 is 2.53 bits per heavy atom. The normalized spacial score (nSPS) is 28.2. The van der Waals surface area contributed by atoms with Gasteiger partial charge in [-0.3, -0.25) is 28.9 Å². The zero-order valence-electron chi connectivity index (χ0n) is 34.9. The van der Waals surface area contributed by atoms with E-state index in [0.29, 0.717) is 38.8 Å². The highest BCUT2D eigenvalue weighted by molar-refractivity contribution is 7.91. The Hall–Kier alpha value is -4.42. The van der Waals surface area contributed by atoms with Crippen LogP contribution in [-0.2, 0) is 51.7 Å². The van der Waals surface area contributed by atoms with E-state index in [1.807, 2.05) is 30.4 Å². The molecule has 2 saturated carbocycles. The van der Waals surface area contributed by atoms with Crippen LogP contribution < -0.4 is 20.1 Å². The number of fused-ring (bicyclic) bond motifs is 3. The highest BCUT2D eigenvalue weighted by Crippen LogP contribution is 2.46. The van der Waals surface area contributed by atoms with Gasteiger partial charge in [-0.1, -0.05) is 31.1 Å². The van der Waals surface area contributed by atoms with Crippen molar-refractivity contribution >= 4 is 39.9 Å². The van der Waals surface area contributed by atoms with Gasteiger partial charge in [0.2, 0.25) is 21.8 Å². The summed E-state index contributed by atoms with van der Waals surface area (Å²) < 4.78 is 50.9. The van der Waals surface area contributed by atoms with Gasteiger partial charge in [0.1, 0.15) is 35.1 Å². The molecule has 5 atom stereocenters. The van der Waals surface area contributed by atoms with Gasteiger partial charge in [-0.05, 0) is 89.0 Å². The van der Waals surface area contributed by atoms with Crippen LogP contribution in [0, 0.1) is 5.92 Å². The van der Waals surface area contributed by atoms with Gasteiger partial charge in [0, 0.05) is 45.1 Å². The zero-order chi connectivity index (χ0) is 42.7. The second-order valence-electron chi connectivity index (χ2n) is 17.9. The third kappa shape index (κ3) is 10.9. The van der Waals surface area contributed by atoms with Crippen LogP contribution in [0.4, 0.5) is 9.59 Å². The largest absolute Gasteiger partial charge is 0.494 e. The van der Waals surface area contributed by atoms with E-state index in [0.717, 1.165) is 69.0 Å². The number of sulfonamides is 1. The van der Waals surface area contributed by atoms with Gasteiger partial charge in [0.15, 0.2) is 0 Å². The molecule has 60 heavy (non-hydrogen) atoms. The Bertz CT molecular complexity index is 1930. The van der Waals surface area contributed by atoms with Gasteiger partial charge in [-0.15, -0.1) is 0 Å². The van der Waals surface area contributed by atoms with Crippen molar-refractivity contribution in [1.29, 1.82) is 0 Å². The lowest BCUT2D eigenvalue weighted by Crippen LogP contribution is -2.58. The fourth-order valence-electron chi connectivity index (χ4n) is 8.41. The van der Waals surface area contributed by atoms with Gasteiger partial charge >= 0.3 is 12.2 Å². The average Bonchev–Trinajstić information content (AvgIpc) is 4.08. The Labute approximate surface area is 352 Å². The van der Waals surface area contributed by atoms with Crippen molar-refractivity contribution in [2.75, 3.05) is 46.0 Å². The number of carbonyl (C=O) groups is 5. The molecule has 1 aromatic rings. The number of rotatable bonds is 10. The van der Waals surface area contributed by atoms with E-state index in [9.17, 15) is 32.4 Å². The Kier molecular flexibility index (Phi) is 13.3. The maximum atomic E-state index is 14.5. The van der Waals surface area contributed by atoms with Crippen LogP contribution >= 0.6 is 0 Å². The number of carbonyl (C=O) groups excluding carboxylic acids is 5. The van der Waals surface area contributed by atoms with Crippen LogP contribution in [-0.4, -0.2) is 134 Å². The first-order valence-corrected chi connectivity index (χ1v) is 23.0. The van der Waals surface area contributed by atoms with E-state index in [4.69, 9.17) is 18.9 Å². The first-order chi connectivity index (χ1) is 28.6. The molecular weight excluding hydrogens is 797 g/mol. The molecule has 18 heteroatoms. The van der Waals surface area contributed by atoms with Crippen molar-refractivity contribution in [3.8, 4) is 5.75 Å². The van der Waals surface area contributed by atoms with Gasteiger partial charge in [-0.2, -0.15) is 0 Å². The monoisotopic (exact) mass is 856 g/mol. The summed E-state index contributed by atoms with van der Waals surface area (Å²) in [7, 11) is -3.92. The van der Waals surface area contributed by atoms with Gasteiger partial charge in [0.25, 0.3) is 5.91 Å². The quantitative estimate of drug-likeness (QED) is 0.230. The predicted molar refractivity (Wildman–Crippen MR) is 218 cm³/mol. The van der Waals surface area contributed by atoms with E-state index in [1.54, 1.807) is 25.7 Å². The number of hydrogen-bond acceptors (Lipinski definition) is 12. The molecule has 4 fully saturated rings. The number of morpholine rings is 1. The summed E-state index contributed by atoms with van der Waals surface area (Å²) in [5.74, 6) is -1.80. The second-order valence-corrected chi connectivity index (χ2v) is 19.9. The smallest absolute Gasteiger partial charge is 0.410 e. The van der Waals surface area contributed by atoms with Crippen LogP contribution in [0.2, 0.25) is 0 Å². The van der Waals surface area contributed by atoms with E-state index >= 15 is 0 Å². The van der Waals surface area contributed by atoms with Crippen molar-refractivity contribution in [1.82, 2.24) is 30.1 Å². The molecule has 0 bridgehead atoms. The molecule has 0 spiro atoms. The molecule has 0 radical (unpaired) electrons. The lowest BCUT2D eigenvalue weighted by Gasteiger charge is -2.30. The highest BCUT2D eigenvalue weighted by Gasteiger charge is 2.62. The fourth-order valence-corrected chi connectivity index (χ4v) is 9.77. The van der Waals surface area contributed by atoms with Crippen molar-refractivity contribution in [3.05, 3.63) is 41.5 Å². The molecule has 5 amide bonds. The molecule has 1 aromatic carbocycles. The molecule has 4 heterocycles. The third-order valence-electron chi connectivity index (χ3n) is 12.0. The minimum atomic E-state index is -3.92. The standard InChI is InChI=1S/C42H60N6O11S/c1-41(2,3)59-39(52)43-34-11-8-6-4-5-7-10-30-24-42(30,38(51)45-60(54,55)33-14-15-33)44-36(49)35-23-32(27-48(35)37(34)50)58-40(53)47-25-28-12-13-31(22-29(28)26-47)57-19-9-16-46-17-20-56-21-18-46/h7,10,12-13,22,30,32-35H,4-6,8-9,11,14-21,23-27H2,1-3H3,(H,43,52)(H,44,49)(H,45,51)/b10-7-/t30-,32-,34-,35+,42-/m1/s1. The zero-order valence-corrected chi connectivity index (χ0v) is 35.8. The maximum absolute atomic E-state index is 14.5. The summed E-state index contributed by atoms with van der Waals surface area (Å²) in [6, 6.07) is 3.52. The van der Waals surface area contributed by atoms with Crippen LogP contribution in [0.3, 0.4) is 0 Å². The Morgan fingerprint density at radius 1 is 1.02 bits per heavy atom. The number of nitrogens with zero attached hydrogens (tertiary/aromatic N) is 3. The van der Waals surface area contributed by atoms with Crippen molar-refractivity contribution in [2.45, 2.75) is 133 Å². The molecule has 2 saturated heterocycles. The summed E-state index contributed by atoms with van der Waals surface area (Å²) >= 11 is 0. The fraction of sp³-hybridized carbons (Fsp3) is 0.690. The Balaban J connectivity index is 1.04. The first-order valence-electron chi connectivity index (χ1n) is 21.5. The van der Waals surface area contributed by atoms with Gasteiger partial charge in [0.05, 0.1) is 31.6 Å². The van der Waals surface area contributed by atoms with Crippen LogP contribution in [0.25, 0.3) is 0 Å². The number of amides is 5. The number of ether oxygens (including phenoxy) is 4. The maximum Gasteiger partial charge on any atom is 0.410 e. The van der Waals surface area contributed by atoms with Gasteiger partial charge in [-0.25, -0.2) is 18.0 Å². The van der Waals surface area contributed by atoms with Crippen LogP contribution in [0.15, 0.2) is 30.4 Å². The molecule has 6 aliphatic rings. The number of nitrogens with one attached hydrogen (secondary N) is 3. The molecule has 0 aromatic heterocycles. The van der Waals surface area contributed by atoms with Crippen molar-refractivity contribution in [3.63, 3.8) is 0 Å². The predicted octanol–water partition coefficient (Wildman–Crippen LogP) is 3.11. The lowest BCUT2D eigenvalue weighted by atomic mass is 10.0. The van der Waals surface area contributed by atoms with Gasteiger partial charge < -0.3 is 34.5 Å². The molecule has 3 N–H and O–H groups in total. The summed E-state index contributed by atoms with van der Waals surface area (Å²) in [5.41, 5.74) is -0.482. The minimum absolute atomic E-state index is 0.0791. The summed E-state index contributed by atoms with van der Waals surface area (Å²) in [4.78, 5) is 74.5. The molecule has 17 nitrogen and oxygen atoms in total. The van der Waals surface area contributed by atoms with Crippen molar-refractivity contribution in [2.24, 2.45) is 5.92 Å².